The first-order valence-electron chi connectivity index (χ1n) is 8.02. The molecule has 0 spiro atoms. The van der Waals surface area contributed by atoms with Crippen molar-refractivity contribution in [3.05, 3.63) is 28.8 Å². The number of benzene rings is 1. The molecule has 1 aliphatic rings. The van der Waals surface area contributed by atoms with Gasteiger partial charge >= 0.3 is 0 Å². The summed E-state index contributed by atoms with van der Waals surface area (Å²) < 4.78 is 0. The summed E-state index contributed by atoms with van der Waals surface area (Å²) in [5.74, 6) is 0.761. The van der Waals surface area contributed by atoms with Gasteiger partial charge in [0.15, 0.2) is 0 Å². The van der Waals surface area contributed by atoms with Gasteiger partial charge in [-0.05, 0) is 37.0 Å². The Bertz CT molecular complexity index is 470. The van der Waals surface area contributed by atoms with Crippen LogP contribution in [0, 0.1) is 5.92 Å². The Labute approximate surface area is 132 Å². The van der Waals surface area contributed by atoms with Gasteiger partial charge in [-0.15, -0.1) is 0 Å². The molecule has 1 fully saturated rings. The molecular formula is C17H25ClN2O. The van der Waals surface area contributed by atoms with Crippen molar-refractivity contribution < 1.29 is 4.79 Å². The second kappa shape index (κ2) is 8.28. The maximum Gasteiger partial charge on any atom is 0.253 e. The van der Waals surface area contributed by atoms with Gasteiger partial charge in [0, 0.05) is 23.8 Å². The van der Waals surface area contributed by atoms with Crippen LogP contribution < -0.4 is 10.6 Å². The summed E-state index contributed by atoms with van der Waals surface area (Å²) in [5, 5.41) is 6.91. The second-order valence-electron chi connectivity index (χ2n) is 5.81. The van der Waals surface area contributed by atoms with E-state index in [9.17, 15) is 4.79 Å². The van der Waals surface area contributed by atoms with Crippen LogP contribution in [0.2, 0.25) is 5.02 Å². The zero-order chi connectivity index (χ0) is 15.1. The Balaban J connectivity index is 1.91. The highest BCUT2D eigenvalue weighted by molar-refractivity contribution is 6.31. The molecule has 0 radical (unpaired) electrons. The van der Waals surface area contributed by atoms with E-state index < -0.39 is 0 Å². The average molecular weight is 309 g/mol. The SMILES string of the molecule is CCCNc1ccc(Cl)cc1C(=O)NCCC1CCCC1. The maximum atomic E-state index is 12.3. The summed E-state index contributed by atoms with van der Waals surface area (Å²) >= 11 is 6.02. The molecule has 1 amide bonds. The minimum Gasteiger partial charge on any atom is -0.384 e. The second-order valence-corrected chi connectivity index (χ2v) is 6.25. The molecule has 116 valence electrons. The number of nitrogens with one attached hydrogen (secondary N) is 2. The summed E-state index contributed by atoms with van der Waals surface area (Å²) in [5.41, 5.74) is 1.50. The topological polar surface area (TPSA) is 41.1 Å². The molecule has 0 aromatic heterocycles. The summed E-state index contributed by atoms with van der Waals surface area (Å²) in [4.78, 5) is 12.3. The molecule has 3 nitrogen and oxygen atoms in total. The lowest BCUT2D eigenvalue weighted by molar-refractivity contribution is 0.0952. The van der Waals surface area contributed by atoms with Gasteiger partial charge in [0.25, 0.3) is 5.91 Å². The Morgan fingerprint density at radius 3 is 2.76 bits per heavy atom. The molecule has 2 N–H and O–H groups in total. The van der Waals surface area contributed by atoms with Crippen molar-refractivity contribution in [2.24, 2.45) is 5.92 Å². The minimum absolute atomic E-state index is 0.0332. The van der Waals surface area contributed by atoms with Crippen LogP contribution in [0.15, 0.2) is 18.2 Å². The minimum atomic E-state index is -0.0332. The van der Waals surface area contributed by atoms with E-state index in [1.807, 2.05) is 12.1 Å². The normalized spacial score (nSPS) is 15.1. The number of amides is 1. The molecule has 0 bridgehead atoms. The molecule has 1 aliphatic carbocycles. The molecule has 1 aromatic rings. The lowest BCUT2D eigenvalue weighted by Crippen LogP contribution is -2.26. The summed E-state index contributed by atoms with van der Waals surface area (Å²) in [6.45, 7) is 3.71. The molecule has 21 heavy (non-hydrogen) atoms. The molecule has 0 heterocycles. The number of halogens is 1. The molecule has 1 saturated carbocycles. The fourth-order valence-electron chi connectivity index (χ4n) is 2.90. The molecular weight excluding hydrogens is 284 g/mol. The highest BCUT2D eigenvalue weighted by Gasteiger charge is 2.16. The van der Waals surface area contributed by atoms with Crippen LogP contribution >= 0.6 is 11.6 Å². The van der Waals surface area contributed by atoms with Crippen molar-refractivity contribution in [2.75, 3.05) is 18.4 Å². The third-order valence-electron chi connectivity index (χ3n) is 4.10. The van der Waals surface area contributed by atoms with Crippen LogP contribution in [0.1, 0.15) is 55.8 Å². The summed E-state index contributed by atoms with van der Waals surface area (Å²) in [7, 11) is 0. The van der Waals surface area contributed by atoms with E-state index >= 15 is 0 Å². The van der Waals surface area contributed by atoms with Crippen LogP contribution in [0.4, 0.5) is 5.69 Å². The predicted molar refractivity (Wildman–Crippen MR) is 89.1 cm³/mol. The van der Waals surface area contributed by atoms with Crippen molar-refractivity contribution in [3.8, 4) is 0 Å². The fourth-order valence-corrected chi connectivity index (χ4v) is 3.07. The number of hydrogen-bond acceptors (Lipinski definition) is 2. The molecule has 0 saturated heterocycles. The first kappa shape index (κ1) is 16.2. The van der Waals surface area contributed by atoms with Gasteiger partial charge in [-0.1, -0.05) is 44.2 Å². The van der Waals surface area contributed by atoms with E-state index in [-0.39, 0.29) is 5.91 Å². The van der Waals surface area contributed by atoms with Gasteiger partial charge in [0.1, 0.15) is 0 Å². The standard InChI is InChI=1S/C17H25ClN2O/c1-2-10-19-16-8-7-14(18)12-15(16)17(21)20-11-9-13-5-3-4-6-13/h7-8,12-13,19H,2-6,9-11H2,1H3,(H,20,21). The first-order valence-corrected chi connectivity index (χ1v) is 8.40. The molecule has 0 aliphatic heterocycles. The quantitative estimate of drug-likeness (QED) is 0.780. The summed E-state index contributed by atoms with van der Waals surface area (Å²) in [6, 6.07) is 5.43. The third kappa shape index (κ3) is 4.92. The van der Waals surface area contributed by atoms with Gasteiger partial charge in [0.05, 0.1) is 5.56 Å². The van der Waals surface area contributed by atoms with E-state index in [4.69, 9.17) is 11.6 Å². The van der Waals surface area contributed by atoms with Crippen LogP contribution in [-0.2, 0) is 0 Å². The number of hydrogen-bond donors (Lipinski definition) is 2. The van der Waals surface area contributed by atoms with Gasteiger partial charge < -0.3 is 10.6 Å². The van der Waals surface area contributed by atoms with Crippen molar-refractivity contribution in [1.29, 1.82) is 0 Å². The Morgan fingerprint density at radius 2 is 2.05 bits per heavy atom. The monoisotopic (exact) mass is 308 g/mol. The van der Waals surface area contributed by atoms with E-state index in [0.717, 1.165) is 37.5 Å². The van der Waals surface area contributed by atoms with Crippen molar-refractivity contribution in [1.82, 2.24) is 5.32 Å². The summed E-state index contributed by atoms with van der Waals surface area (Å²) in [6.07, 6.45) is 7.43. The molecule has 2 rings (SSSR count). The van der Waals surface area contributed by atoms with Crippen LogP contribution in [0.25, 0.3) is 0 Å². The molecule has 0 unspecified atom stereocenters. The van der Waals surface area contributed by atoms with Crippen LogP contribution in [0.3, 0.4) is 0 Å². The zero-order valence-electron chi connectivity index (χ0n) is 12.8. The van der Waals surface area contributed by atoms with Crippen molar-refractivity contribution in [2.45, 2.75) is 45.4 Å². The smallest absolute Gasteiger partial charge is 0.253 e. The van der Waals surface area contributed by atoms with Crippen molar-refractivity contribution in [3.63, 3.8) is 0 Å². The van der Waals surface area contributed by atoms with E-state index in [2.05, 4.69) is 17.6 Å². The molecule has 4 heteroatoms. The number of anilines is 1. The van der Waals surface area contributed by atoms with Gasteiger partial charge in [-0.25, -0.2) is 0 Å². The van der Waals surface area contributed by atoms with Crippen LogP contribution in [0.5, 0.6) is 0 Å². The van der Waals surface area contributed by atoms with E-state index in [0.29, 0.717) is 10.6 Å². The van der Waals surface area contributed by atoms with Gasteiger partial charge in [-0.3, -0.25) is 4.79 Å². The van der Waals surface area contributed by atoms with Crippen LogP contribution in [-0.4, -0.2) is 19.0 Å². The average Bonchev–Trinajstić information content (AvgIpc) is 2.99. The predicted octanol–water partition coefficient (Wildman–Crippen LogP) is 4.47. The highest BCUT2D eigenvalue weighted by Crippen LogP contribution is 2.27. The maximum absolute atomic E-state index is 12.3. The lowest BCUT2D eigenvalue weighted by Gasteiger charge is -2.13. The van der Waals surface area contributed by atoms with Crippen molar-refractivity contribution >= 4 is 23.2 Å². The van der Waals surface area contributed by atoms with Gasteiger partial charge in [-0.2, -0.15) is 0 Å². The number of carbonyl (C=O) groups is 1. The highest BCUT2D eigenvalue weighted by atomic mass is 35.5. The molecule has 0 atom stereocenters. The lowest BCUT2D eigenvalue weighted by atomic mass is 10.0. The largest absolute Gasteiger partial charge is 0.384 e. The number of carbonyl (C=O) groups excluding carboxylic acids is 1. The third-order valence-corrected chi connectivity index (χ3v) is 4.34. The Morgan fingerprint density at radius 1 is 1.29 bits per heavy atom. The fraction of sp³-hybridized carbons (Fsp3) is 0.588. The van der Waals surface area contributed by atoms with Gasteiger partial charge in [0.2, 0.25) is 0 Å². The van der Waals surface area contributed by atoms with E-state index in [1.54, 1.807) is 6.07 Å². The Hall–Kier alpha value is -1.22. The number of rotatable bonds is 7. The molecule has 1 aromatic carbocycles. The van der Waals surface area contributed by atoms with E-state index in [1.165, 1.54) is 25.7 Å². The Kier molecular flexibility index (Phi) is 6.37. The first-order chi connectivity index (χ1) is 10.2. The zero-order valence-corrected chi connectivity index (χ0v) is 13.5.